The summed E-state index contributed by atoms with van der Waals surface area (Å²) in [5, 5.41) is 7.43. The highest BCUT2D eigenvalue weighted by Crippen LogP contribution is 2.45. The lowest BCUT2D eigenvalue weighted by Gasteiger charge is -2.25. The molecule has 0 bridgehead atoms. The topological polar surface area (TPSA) is 51.0 Å². The normalized spacial score (nSPS) is 18.5. The Morgan fingerprint density at radius 1 is 1.32 bits per heavy atom. The van der Waals surface area contributed by atoms with Gasteiger partial charge in [-0.2, -0.15) is 4.98 Å². The van der Waals surface area contributed by atoms with Gasteiger partial charge in [-0.3, -0.25) is 0 Å². The summed E-state index contributed by atoms with van der Waals surface area (Å²) in [6, 6.07) is 9.10. The molecular formula is C18H25N3O. The molecule has 3 rings (SSSR count). The molecule has 1 aromatic heterocycles. The van der Waals surface area contributed by atoms with E-state index in [-0.39, 0.29) is 5.41 Å². The zero-order valence-electron chi connectivity index (χ0n) is 13.7. The molecule has 4 heteroatoms. The van der Waals surface area contributed by atoms with Gasteiger partial charge in [-0.25, -0.2) is 0 Å². The van der Waals surface area contributed by atoms with Crippen LogP contribution in [0, 0.1) is 6.92 Å². The van der Waals surface area contributed by atoms with Crippen LogP contribution in [0.2, 0.25) is 0 Å². The number of rotatable bonds is 5. The van der Waals surface area contributed by atoms with Crippen LogP contribution in [0.3, 0.4) is 0 Å². The summed E-state index contributed by atoms with van der Waals surface area (Å²) in [5.41, 5.74) is 2.52. The van der Waals surface area contributed by atoms with Gasteiger partial charge in [0.2, 0.25) is 5.89 Å². The Labute approximate surface area is 132 Å². The van der Waals surface area contributed by atoms with Crippen LogP contribution in [0.4, 0.5) is 0 Å². The Morgan fingerprint density at radius 3 is 2.77 bits per heavy atom. The third-order valence-corrected chi connectivity index (χ3v) is 4.89. The molecule has 118 valence electrons. The first-order chi connectivity index (χ1) is 10.6. The van der Waals surface area contributed by atoms with E-state index in [1.54, 1.807) is 0 Å². The van der Waals surface area contributed by atoms with Crippen molar-refractivity contribution in [2.75, 3.05) is 7.05 Å². The SMILES string of the molecule is CNC(C)Cc1noc(C2(c3cccc(C)c3)CCCC2)n1. The highest BCUT2D eigenvalue weighted by molar-refractivity contribution is 5.35. The molecule has 0 spiro atoms. The molecule has 1 N–H and O–H groups in total. The molecule has 1 aliphatic rings. The van der Waals surface area contributed by atoms with E-state index in [0.717, 1.165) is 31.0 Å². The number of aryl methyl sites for hydroxylation is 1. The second-order valence-corrected chi connectivity index (χ2v) is 6.57. The Kier molecular flexibility index (Phi) is 4.30. The van der Waals surface area contributed by atoms with E-state index in [9.17, 15) is 0 Å². The average Bonchev–Trinajstić information content (AvgIpc) is 3.16. The van der Waals surface area contributed by atoms with Crippen molar-refractivity contribution >= 4 is 0 Å². The lowest BCUT2D eigenvalue weighted by atomic mass is 9.78. The molecule has 22 heavy (non-hydrogen) atoms. The highest BCUT2D eigenvalue weighted by Gasteiger charge is 2.42. The molecule has 1 fully saturated rings. The predicted molar refractivity (Wildman–Crippen MR) is 87.0 cm³/mol. The number of aromatic nitrogens is 2. The monoisotopic (exact) mass is 299 g/mol. The number of likely N-dealkylation sites (N-methyl/N-ethyl adjacent to an activating group) is 1. The lowest BCUT2D eigenvalue weighted by Crippen LogP contribution is -2.25. The van der Waals surface area contributed by atoms with Gasteiger partial charge in [-0.05, 0) is 39.3 Å². The smallest absolute Gasteiger partial charge is 0.237 e. The summed E-state index contributed by atoms with van der Waals surface area (Å²) in [6.45, 7) is 4.27. The Balaban J connectivity index is 1.95. The fourth-order valence-corrected chi connectivity index (χ4v) is 3.45. The number of nitrogens with zero attached hydrogens (tertiary/aromatic N) is 2. The molecule has 0 aliphatic heterocycles. The standard InChI is InChI=1S/C18H25N3O/c1-13-7-6-8-15(11-13)18(9-4-5-10-18)17-20-16(21-22-17)12-14(2)19-3/h6-8,11,14,19H,4-5,9-10,12H2,1-3H3. The van der Waals surface area contributed by atoms with Crippen molar-refractivity contribution in [2.24, 2.45) is 0 Å². The van der Waals surface area contributed by atoms with Crippen molar-refractivity contribution in [3.8, 4) is 0 Å². The third kappa shape index (κ3) is 2.80. The first-order valence-corrected chi connectivity index (χ1v) is 8.21. The van der Waals surface area contributed by atoms with E-state index >= 15 is 0 Å². The van der Waals surface area contributed by atoms with Gasteiger partial charge < -0.3 is 9.84 Å². The minimum Gasteiger partial charge on any atom is -0.338 e. The lowest BCUT2D eigenvalue weighted by molar-refractivity contribution is 0.308. The van der Waals surface area contributed by atoms with Gasteiger partial charge in [0.05, 0.1) is 5.41 Å². The number of hydrogen-bond donors (Lipinski definition) is 1. The van der Waals surface area contributed by atoms with Crippen molar-refractivity contribution in [3.63, 3.8) is 0 Å². The van der Waals surface area contributed by atoms with E-state index < -0.39 is 0 Å². The Morgan fingerprint density at radius 2 is 2.09 bits per heavy atom. The molecule has 1 aromatic carbocycles. The van der Waals surface area contributed by atoms with Crippen LogP contribution in [-0.2, 0) is 11.8 Å². The van der Waals surface area contributed by atoms with Gasteiger partial charge in [0, 0.05) is 12.5 Å². The van der Waals surface area contributed by atoms with Crippen molar-refractivity contribution in [1.82, 2.24) is 15.5 Å². The minimum atomic E-state index is -0.0832. The first-order valence-electron chi connectivity index (χ1n) is 8.21. The third-order valence-electron chi connectivity index (χ3n) is 4.89. The molecule has 0 amide bonds. The molecule has 4 nitrogen and oxygen atoms in total. The van der Waals surface area contributed by atoms with Gasteiger partial charge in [-0.15, -0.1) is 0 Å². The number of nitrogens with one attached hydrogen (secondary N) is 1. The van der Waals surface area contributed by atoms with E-state index in [4.69, 9.17) is 9.51 Å². The Bertz CT molecular complexity index is 629. The highest BCUT2D eigenvalue weighted by atomic mass is 16.5. The Hall–Kier alpha value is -1.68. The van der Waals surface area contributed by atoms with E-state index in [0.29, 0.717) is 6.04 Å². The van der Waals surface area contributed by atoms with Gasteiger partial charge in [-0.1, -0.05) is 47.8 Å². The van der Waals surface area contributed by atoms with E-state index in [1.165, 1.54) is 24.0 Å². The molecule has 1 saturated carbocycles. The van der Waals surface area contributed by atoms with Crippen molar-refractivity contribution in [1.29, 1.82) is 0 Å². The molecule has 1 atom stereocenters. The van der Waals surface area contributed by atoms with Crippen LogP contribution >= 0.6 is 0 Å². The van der Waals surface area contributed by atoms with E-state index in [2.05, 4.69) is 48.6 Å². The molecule has 1 heterocycles. The summed E-state index contributed by atoms with van der Waals surface area (Å²) in [6.07, 6.45) is 5.43. The molecular weight excluding hydrogens is 274 g/mol. The molecule has 2 aromatic rings. The fourth-order valence-electron chi connectivity index (χ4n) is 3.45. The van der Waals surface area contributed by atoms with Crippen LogP contribution in [0.15, 0.2) is 28.8 Å². The first kappa shape index (κ1) is 15.2. The summed E-state index contributed by atoms with van der Waals surface area (Å²) in [5.74, 6) is 1.60. The van der Waals surface area contributed by atoms with Crippen LogP contribution < -0.4 is 5.32 Å². The maximum Gasteiger partial charge on any atom is 0.237 e. The maximum atomic E-state index is 5.70. The van der Waals surface area contributed by atoms with Crippen molar-refractivity contribution in [2.45, 2.75) is 57.4 Å². The second kappa shape index (κ2) is 6.21. The predicted octanol–water partition coefficient (Wildman–Crippen LogP) is 3.39. The second-order valence-electron chi connectivity index (χ2n) is 6.57. The summed E-state index contributed by atoms with van der Waals surface area (Å²) in [4.78, 5) is 4.74. The van der Waals surface area contributed by atoms with Crippen molar-refractivity contribution in [3.05, 3.63) is 47.1 Å². The van der Waals surface area contributed by atoms with Crippen LogP contribution in [-0.4, -0.2) is 23.2 Å². The van der Waals surface area contributed by atoms with Crippen molar-refractivity contribution < 1.29 is 4.52 Å². The van der Waals surface area contributed by atoms with Gasteiger partial charge in [0.1, 0.15) is 0 Å². The van der Waals surface area contributed by atoms with Gasteiger partial charge in [0.25, 0.3) is 0 Å². The average molecular weight is 299 g/mol. The van der Waals surface area contributed by atoms with Gasteiger partial charge in [0.15, 0.2) is 5.82 Å². The molecule has 1 aliphatic carbocycles. The fraction of sp³-hybridized carbons (Fsp3) is 0.556. The zero-order chi connectivity index (χ0) is 15.6. The largest absolute Gasteiger partial charge is 0.338 e. The molecule has 0 saturated heterocycles. The quantitative estimate of drug-likeness (QED) is 0.919. The van der Waals surface area contributed by atoms with E-state index in [1.807, 2.05) is 7.05 Å². The number of benzene rings is 1. The summed E-state index contributed by atoms with van der Waals surface area (Å²) >= 11 is 0. The summed E-state index contributed by atoms with van der Waals surface area (Å²) < 4.78 is 5.70. The summed E-state index contributed by atoms with van der Waals surface area (Å²) in [7, 11) is 1.96. The van der Waals surface area contributed by atoms with Crippen LogP contribution in [0.1, 0.15) is 55.4 Å². The maximum absolute atomic E-state index is 5.70. The number of hydrogen-bond acceptors (Lipinski definition) is 4. The molecule has 1 unspecified atom stereocenters. The van der Waals surface area contributed by atoms with Crippen LogP contribution in [0.5, 0.6) is 0 Å². The van der Waals surface area contributed by atoms with Crippen LogP contribution in [0.25, 0.3) is 0 Å². The molecule has 0 radical (unpaired) electrons. The minimum absolute atomic E-state index is 0.0832. The van der Waals surface area contributed by atoms with Gasteiger partial charge >= 0.3 is 0 Å². The zero-order valence-corrected chi connectivity index (χ0v) is 13.7.